The van der Waals surface area contributed by atoms with Gasteiger partial charge < -0.3 is 24.8 Å². The Morgan fingerprint density at radius 2 is 1.86 bits per heavy atom. The van der Waals surface area contributed by atoms with E-state index < -0.39 is 12.0 Å². The number of aliphatic hydroxyl groups excluding tert-OH is 1. The summed E-state index contributed by atoms with van der Waals surface area (Å²) in [6.07, 6.45) is 1.90. The number of ether oxygens (including phenoxy) is 2. The molecule has 0 bridgehead atoms. The van der Waals surface area contributed by atoms with Crippen molar-refractivity contribution in [3.8, 4) is 17.2 Å². The fourth-order valence-corrected chi connectivity index (χ4v) is 3.39. The Morgan fingerprint density at radius 3 is 2.46 bits per heavy atom. The number of hydrogen-bond donors (Lipinski definition) is 2. The molecule has 2 amide bonds. The Labute approximate surface area is 209 Å². The molecule has 0 aliphatic heterocycles. The van der Waals surface area contributed by atoms with Crippen molar-refractivity contribution in [2.45, 2.75) is 32.9 Å². The minimum Gasteiger partial charge on any atom is -0.488 e. The number of carbonyl (C=O) groups excluding carboxylic acids is 2. The van der Waals surface area contributed by atoms with Crippen LogP contribution in [0.4, 0.5) is 5.82 Å². The van der Waals surface area contributed by atoms with E-state index in [0.717, 1.165) is 0 Å². The molecule has 0 aliphatic rings. The van der Waals surface area contributed by atoms with Crippen molar-refractivity contribution >= 4 is 29.2 Å². The Balaban J connectivity index is 1.90. The van der Waals surface area contributed by atoms with Gasteiger partial charge in [0.05, 0.1) is 11.6 Å². The molecule has 0 spiro atoms. The summed E-state index contributed by atoms with van der Waals surface area (Å²) in [7, 11) is 3.31. The van der Waals surface area contributed by atoms with Crippen LogP contribution in [-0.2, 0) is 6.54 Å². The van der Waals surface area contributed by atoms with E-state index in [2.05, 4.69) is 10.4 Å². The molecule has 0 fully saturated rings. The van der Waals surface area contributed by atoms with Gasteiger partial charge in [-0.3, -0.25) is 14.3 Å². The summed E-state index contributed by atoms with van der Waals surface area (Å²) < 4.78 is 13.5. The number of aliphatic hydroxyl groups is 1. The number of nitrogens with one attached hydrogen (secondary N) is 1. The molecule has 186 valence electrons. The van der Waals surface area contributed by atoms with Crippen molar-refractivity contribution in [3.63, 3.8) is 0 Å². The Bertz CT molecular complexity index is 1190. The van der Waals surface area contributed by atoms with Gasteiger partial charge in [0.2, 0.25) is 0 Å². The van der Waals surface area contributed by atoms with E-state index in [-0.39, 0.29) is 23.1 Å². The molecule has 10 heteroatoms. The fourth-order valence-electron chi connectivity index (χ4n) is 3.17. The molecular weight excluding hydrogens is 472 g/mol. The van der Waals surface area contributed by atoms with Crippen molar-refractivity contribution in [1.29, 1.82) is 0 Å². The van der Waals surface area contributed by atoms with Crippen LogP contribution in [0.2, 0.25) is 5.02 Å². The number of benzene rings is 2. The van der Waals surface area contributed by atoms with Gasteiger partial charge in [-0.05, 0) is 43.7 Å². The second-order valence-corrected chi connectivity index (χ2v) is 8.39. The van der Waals surface area contributed by atoms with Crippen LogP contribution >= 0.6 is 11.6 Å². The zero-order valence-corrected chi connectivity index (χ0v) is 20.9. The highest BCUT2D eigenvalue weighted by atomic mass is 35.5. The molecule has 0 unspecified atom stereocenters. The van der Waals surface area contributed by atoms with E-state index in [1.165, 1.54) is 11.0 Å². The third kappa shape index (κ3) is 6.74. The molecule has 1 aromatic heterocycles. The molecule has 2 N–H and O–H groups in total. The van der Waals surface area contributed by atoms with Crippen LogP contribution in [0.25, 0.3) is 0 Å². The summed E-state index contributed by atoms with van der Waals surface area (Å²) in [6, 6.07) is 11.2. The number of carbonyl (C=O) groups is 2. The highest BCUT2D eigenvalue weighted by Gasteiger charge is 2.16. The fraction of sp³-hybridized carbons (Fsp3) is 0.320. The van der Waals surface area contributed by atoms with Crippen molar-refractivity contribution in [1.82, 2.24) is 14.7 Å². The van der Waals surface area contributed by atoms with Gasteiger partial charge in [0, 0.05) is 50.1 Å². The van der Waals surface area contributed by atoms with Gasteiger partial charge in [-0.25, -0.2) is 0 Å². The highest BCUT2D eigenvalue weighted by Crippen LogP contribution is 2.33. The molecule has 0 radical (unpaired) electrons. The minimum atomic E-state index is -0.443. The van der Waals surface area contributed by atoms with E-state index in [0.29, 0.717) is 41.6 Å². The predicted octanol–water partition coefficient (Wildman–Crippen LogP) is 4.45. The lowest BCUT2D eigenvalue weighted by molar-refractivity contribution is 0.0827. The van der Waals surface area contributed by atoms with Gasteiger partial charge in [0.15, 0.2) is 5.82 Å². The summed E-state index contributed by atoms with van der Waals surface area (Å²) >= 11 is 6.37. The lowest BCUT2D eigenvalue weighted by Crippen LogP contribution is -2.21. The largest absolute Gasteiger partial charge is 0.488 e. The van der Waals surface area contributed by atoms with E-state index >= 15 is 0 Å². The first-order valence-electron chi connectivity index (χ1n) is 11.2. The summed E-state index contributed by atoms with van der Waals surface area (Å²) in [5, 5.41) is 16.8. The maximum absolute atomic E-state index is 13.0. The van der Waals surface area contributed by atoms with Crippen molar-refractivity contribution < 1.29 is 24.2 Å². The number of amides is 2. The Hall–Kier alpha value is -3.56. The van der Waals surface area contributed by atoms with Gasteiger partial charge >= 0.3 is 0 Å². The molecular formula is C25H29ClN4O5. The first-order valence-corrected chi connectivity index (χ1v) is 11.6. The van der Waals surface area contributed by atoms with Crippen LogP contribution in [0.5, 0.6) is 17.2 Å². The smallest absolute Gasteiger partial charge is 0.257 e. The number of anilines is 1. The van der Waals surface area contributed by atoms with E-state index in [4.69, 9.17) is 21.1 Å². The highest BCUT2D eigenvalue weighted by molar-refractivity contribution is 6.32. The third-order valence-electron chi connectivity index (χ3n) is 5.12. The van der Waals surface area contributed by atoms with Gasteiger partial charge in [0.25, 0.3) is 11.8 Å². The average molecular weight is 501 g/mol. The summed E-state index contributed by atoms with van der Waals surface area (Å²) in [5.41, 5.74) is 0.691. The lowest BCUT2D eigenvalue weighted by Gasteiger charge is -2.17. The zero-order valence-electron chi connectivity index (χ0n) is 20.1. The summed E-state index contributed by atoms with van der Waals surface area (Å²) in [6.45, 7) is 4.33. The van der Waals surface area contributed by atoms with Crippen LogP contribution in [0.1, 0.15) is 41.0 Å². The van der Waals surface area contributed by atoms with Crippen molar-refractivity contribution in [2.75, 3.05) is 26.0 Å². The summed E-state index contributed by atoms with van der Waals surface area (Å²) in [5.74, 6) is 0.777. The molecule has 0 saturated carbocycles. The van der Waals surface area contributed by atoms with E-state index in [1.54, 1.807) is 61.4 Å². The molecule has 35 heavy (non-hydrogen) atoms. The molecule has 3 aromatic rings. The first-order chi connectivity index (χ1) is 16.7. The summed E-state index contributed by atoms with van der Waals surface area (Å²) in [4.78, 5) is 26.6. The Kier molecular flexibility index (Phi) is 8.73. The Morgan fingerprint density at radius 1 is 1.11 bits per heavy atom. The van der Waals surface area contributed by atoms with Crippen LogP contribution < -0.4 is 14.8 Å². The number of aryl methyl sites for hydroxylation is 1. The van der Waals surface area contributed by atoms with Gasteiger partial charge in [0.1, 0.15) is 23.4 Å². The standard InChI is InChI=1S/C25H29ClN4O5/c1-5-18(15-31)34-19-11-17(24(32)27-23-9-10-30(6-2)28-23)12-20(14-19)35-22-8-7-16(13-21(22)26)25(33)29(3)4/h7-14,18,31H,5-6,15H2,1-4H3,(H,27,28,32)/t18-/m0/s1. The SMILES string of the molecule is CC[C@@H](CO)Oc1cc(Oc2ccc(C(=O)N(C)C)cc2Cl)cc(C(=O)Nc2ccn(CC)n2)c1. The molecule has 0 aliphatic carbocycles. The number of aromatic nitrogens is 2. The first kappa shape index (κ1) is 26.1. The average Bonchev–Trinajstić information content (AvgIpc) is 3.30. The number of rotatable bonds is 10. The van der Waals surface area contributed by atoms with Gasteiger partial charge in [-0.2, -0.15) is 5.10 Å². The third-order valence-corrected chi connectivity index (χ3v) is 5.42. The van der Waals surface area contributed by atoms with Crippen molar-refractivity contribution in [3.05, 3.63) is 64.8 Å². The van der Waals surface area contributed by atoms with E-state index in [1.807, 2.05) is 13.8 Å². The molecule has 1 heterocycles. The predicted molar refractivity (Wildman–Crippen MR) is 134 cm³/mol. The monoisotopic (exact) mass is 500 g/mol. The van der Waals surface area contributed by atoms with Crippen LogP contribution in [0.15, 0.2) is 48.7 Å². The second kappa shape index (κ2) is 11.7. The van der Waals surface area contributed by atoms with Crippen LogP contribution in [0.3, 0.4) is 0 Å². The lowest BCUT2D eigenvalue weighted by atomic mass is 10.1. The molecule has 0 saturated heterocycles. The maximum Gasteiger partial charge on any atom is 0.257 e. The molecule has 3 rings (SSSR count). The van der Waals surface area contributed by atoms with Gasteiger partial charge in [-0.1, -0.05) is 18.5 Å². The van der Waals surface area contributed by atoms with Crippen LogP contribution in [-0.4, -0.2) is 58.4 Å². The number of halogens is 1. The quantitative estimate of drug-likeness (QED) is 0.426. The van der Waals surface area contributed by atoms with Crippen LogP contribution in [0, 0.1) is 0 Å². The minimum absolute atomic E-state index is 0.176. The topological polar surface area (TPSA) is 106 Å². The zero-order chi connectivity index (χ0) is 25.5. The maximum atomic E-state index is 13.0. The molecule has 2 aromatic carbocycles. The second-order valence-electron chi connectivity index (χ2n) is 7.98. The normalized spacial score (nSPS) is 11.6. The van der Waals surface area contributed by atoms with Gasteiger partial charge in [-0.15, -0.1) is 0 Å². The molecule has 9 nitrogen and oxygen atoms in total. The number of hydrogen-bond acceptors (Lipinski definition) is 6. The molecule has 1 atom stereocenters. The van der Waals surface area contributed by atoms with Crippen molar-refractivity contribution in [2.24, 2.45) is 0 Å². The van der Waals surface area contributed by atoms with E-state index in [9.17, 15) is 14.7 Å². The number of nitrogens with zero attached hydrogens (tertiary/aromatic N) is 3.